The summed E-state index contributed by atoms with van der Waals surface area (Å²) in [6, 6.07) is -0.739. The van der Waals surface area contributed by atoms with E-state index in [1.165, 1.54) is 10.8 Å². The molecule has 2 N–H and O–H groups in total. The molecule has 2 aliphatic rings. The monoisotopic (exact) mass is 295 g/mol. The molecule has 1 aromatic heterocycles. The molecule has 0 radical (unpaired) electrons. The van der Waals surface area contributed by atoms with Crippen molar-refractivity contribution in [2.24, 2.45) is 5.11 Å². The average molecular weight is 295 g/mol. The first-order valence-corrected chi connectivity index (χ1v) is 6.29. The van der Waals surface area contributed by atoms with Gasteiger partial charge in [0.15, 0.2) is 6.23 Å². The number of azide groups is 1. The van der Waals surface area contributed by atoms with Crippen molar-refractivity contribution in [2.45, 2.75) is 30.9 Å². The lowest BCUT2D eigenvalue weighted by Crippen LogP contribution is -2.44. The summed E-state index contributed by atoms with van der Waals surface area (Å²) in [6.45, 7) is 1.22. The number of aryl methyl sites for hydroxylation is 1. The molecule has 2 aliphatic heterocycles. The molecule has 0 spiro atoms. The van der Waals surface area contributed by atoms with Gasteiger partial charge >= 0.3 is 5.69 Å². The molecular weight excluding hydrogens is 282 g/mol. The third-order valence-corrected chi connectivity index (χ3v) is 3.87. The Morgan fingerprint density at radius 3 is 3.10 bits per heavy atom. The molecule has 2 saturated heterocycles. The Morgan fingerprint density at radius 1 is 1.67 bits per heavy atom. The van der Waals surface area contributed by atoms with Crippen molar-refractivity contribution in [1.29, 1.82) is 0 Å². The van der Waals surface area contributed by atoms with E-state index in [4.69, 9.17) is 15.0 Å². The number of hydrogen-bond acceptors (Lipinski definition) is 6. The number of hydrogen-bond donors (Lipinski definition) is 2. The van der Waals surface area contributed by atoms with Gasteiger partial charge < -0.3 is 14.6 Å². The third-order valence-electron chi connectivity index (χ3n) is 3.87. The fraction of sp³-hybridized carbons (Fsp3) is 0.636. The van der Waals surface area contributed by atoms with Gasteiger partial charge in [-0.25, -0.2) is 4.79 Å². The largest absolute Gasteiger partial charge is 0.393 e. The van der Waals surface area contributed by atoms with Crippen LogP contribution in [0.5, 0.6) is 0 Å². The number of aliphatic hydroxyl groups is 1. The minimum absolute atomic E-state index is 0.0748. The maximum Gasteiger partial charge on any atom is 0.330 e. The van der Waals surface area contributed by atoms with Crippen LogP contribution in [-0.4, -0.2) is 45.6 Å². The fourth-order valence-corrected chi connectivity index (χ4v) is 2.76. The van der Waals surface area contributed by atoms with Crippen LogP contribution in [0.25, 0.3) is 10.4 Å². The second-order valence-corrected chi connectivity index (χ2v) is 5.14. The summed E-state index contributed by atoms with van der Waals surface area (Å²) >= 11 is 0. The van der Waals surface area contributed by atoms with E-state index in [1.807, 2.05) is 0 Å². The molecule has 0 saturated carbocycles. The second kappa shape index (κ2) is 4.71. The molecule has 10 nitrogen and oxygen atoms in total. The zero-order valence-corrected chi connectivity index (χ0v) is 11.1. The van der Waals surface area contributed by atoms with Gasteiger partial charge in [-0.2, -0.15) is 0 Å². The zero-order valence-electron chi connectivity index (χ0n) is 11.1. The fourth-order valence-electron chi connectivity index (χ4n) is 2.76. The lowest BCUT2D eigenvalue weighted by atomic mass is 9.98. The maximum absolute atomic E-state index is 11.9. The van der Waals surface area contributed by atoms with Crippen LogP contribution in [0.1, 0.15) is 11.8 Å². The van der Waals surface area contributed by atoms with Gasteiger partial charge in [-0.3, -0.25) is 14.3 Å². The number of aromatic nitrogens is 2. The number of fused-ring (bicyclic) bond motifs is 2. The molecule has 0 amide bonds. The highest BCUT2D eigenvalue weighted by molar-refractivity contribution is 5.12. The van der Waals surface area contributed by atoms with Crippen LogP contribution in [0, 0.1) is 6.92 Å². The van der Waals surface area contributed by atoms with E-state index in [0.717, 1.165) is 0 Å². The molecule has 2 bridgehead atoms. The Labute approximate surface area is 117 Å². The zero-order chi connectivity index (χ0) is 15.2. The van der Waals surface area contributed by atoms with Gasteiger partial charge in [0.25, 0.3) is 5.56 Å². The van der Waals surface area contributed by atoms with Gasteiger partial charge in [0.1, 0.15) is 17.7 Å². The summed E-state index contributed by atoms with van der Waals surface area (Å²) in [7, 11) is 0. The summed E-state index contributed by atoms with van der Waals surface area (Å²) in [5.74, 6) is 0. The predicted molar refractivity (Wildman–Crippen MR) is 68.7 cm³/mol. The number of nitrogens with one attached hydrogen (secondary N) is 1. The molecule has 0 unspecified atom stereocenters. The van der Waals surface area contributed by atoms with E-state index in [-0.39, 0.29) is 6.61 Å². The number of H-pyrrole nitrogens is 1. The van der Waals surface area contributed by atoms with Crippen LogP contribution in [0.15, 0.2) is 20.9 Å². The Balaban J connectivity index is 2.07. The van der Waals surface area contributed by atoms with E-state index in [1.54, 1.807) is 6.92 Å². The molecular formula is C11H13N5O5. The molecule has 2 fully saturated rings. The van der Waals surface area contributed by atoms with E-state index in [0.29, 0.717) is 5.56 Å². The molecule has 3 heterocycles. The molecule has 0 aliphatic carbocycles. The first kappa shape index (κ1) is 13.8. The molecule has 3 rings (SSSR count). The maximum atomic E-state index is 11.9. The first-order chi connectivity index (χ1) is 10.0. The summed E-state index contributed by atoms with van der Waals surface area (Å²) in [5.41, 5.74) is 6.68. The van der Waals surface area contributed by atoms with Crippen LogP contribution in [0.2, 0.25) is 0 Å². The van der Waals surface area contributed by atoms with Crippen molar-refractivity contribution < 1.29 is 14.6 Å². The van der Waals surface area contributed by atoms with Crippen LogP contribution in [0.4, 0.5) is 0 Å². The smallest absolute Gasteiger partial charge is 0.330 e. The minimum Gasteiger partial charge on any atom is -0.393 e. The summed E-state index contributed by atoms with van der Waals surface area (Å²) in [6.07, 6.45) is -0.214. The van der Waals surface area contributed by atoms with Crippen LogP contribution in [0.3, 0.4) is 0 Å². The van der Waals surface area contributed by atoms with Gasteiger partial charge in [-0.1, -0.05) is 5.11 Å². The standard InChI is InChI=1S/C11H13N5O5/c1-5-2-16(10(19)13-8(5)18)9-6-7(14-15-12)11(3-17,21-9)4-20-6/h2,6-7,9,17H,3-4H2,1H3,(H,13,18,19)/t6-,7-,9+,11+/m0/s1. The normalized spacial score (nSPS) is 33.9. The lowest BCUT2D eigenvalue weighted by Gasteiger charge is -2.30. The molecule has 0 aromatic carbocycles. The van der Waals surface area contributed by atoms with E-state index >= 15 is 0 Å². The van der Waals surface area contributed by atoms with Gasteiger partial charge in [0.2, 0.25) is 0 Å². The van der Waals surface area contributed by atoms with Crippen LogP contribution >= 0.6 is 0 Å². The summed E-state index contributed by atoms with van der Waals surface area (Å²) < 4.78 is 12.4. The number of nitrogens with zero attached hydrogens (tertiary/aromatic N) is 4. The summed E-state index contributed by atoms with van der Waals surface area (Å²) in [5, 5.41) is 13.2. The Kier molecular flexibility index (Phi) is 3.10. The lowest BCUT2D eigenvalue weighted by molar-refractivity contribution is -0.185. The molecule has 1 aromatic rings. The van der Waals surface area contributed by atoms with Crippen molar-refractivity contribution in [3.63, 3.8) is 0 Å². The van der Waals surface area contributed by atoms with Gasteiger partial charge in [-0.05, 0) is 12.5 Å². The Bertz CT molecular complexity index is 735. The van der Waals surface area contributed by atoms with E-state index < -0.39 is 41.8 Å². The van der Waals surface area contributed by atoms with Crippen molar-refractivity contribution in [3.8, 4) is 0 Å². The highest BCUT2D eigenvalue weighted by Crippen LogP contribution is 2.45. The molecule has 21 heavy (non-hydrogen) atoms. The van der Waals surface area contributed by atoms with Crippen molar-refractivity contribution in [1.82, 2.24) is 9.55 Å². The number of aromatic amines is 1. The van der Waals surface area contributed by atoms with Gasteiger partial charge in [-0.15, -0.1) is 0 Å². The van der Waals surface area contributed by atoms with Gasteiger partial charge in [0.05, 0.1) is 13.2 Å². The van der Waals surface area contributed by atoms with E-state index in [9.17, 15) is 14.7 Å². The SMILES string of the molecule is Cc1cn([C@@H]2O[C@]3(CO)CO[C@H]2[C@@H]3N=[N+]=[N-])c(=O)[nH]c1=O. The highest BCUT2D eigenvalue weighted by Gasteiger charge is 2.61. The Morgan fingerprint density at radius 2 is 2.43 bits per heavy atom. The quantitative estimate of drug-likeness (QED) is 0.425. The highest BCUT2D eigenvalue weighted by atomic mass is 16.6. The van der Waals surface area contributed by atoms with Crippen LogP contribution in [-0.2, 0) is 9.47 Å². The average Bonchev–Trinajstić information content (AvgIpc) is 2.96. The summed E-state index contributed by atoms with van der Waals surface area (Å²) in [4.78, 5) is 28.2. The third kappa shape index (κ3) is 1.88. The number of rotatable bonds is 3. The van der Waals surface area contributed by atoms with Crippen molar-refractivity contribution in [3.05, 3.63) is 43.0 Å². The predicted octanol–water partition coefficient (Wildman–Crippen LogP) is -0.817. The van der Waals surface area contributed by atoms with Crippen molar-refractivity contribution in [2.75, 3.05) is 13.2 Å². The van der Waals surface area contributed by atoms with Crippen molar-refractivity contribution >= 4 is 0 Å². The number of ether oxygens (including phenoxy) is 2. The molecule has 10 heteroatoms. The Hall–Kier alpha value is -2.13. The van der Waals surface area contributed by atoms with Crippen LogP contribution < -0.4 is 11.2 Å². The minimum atomic E-state index is -1.16. The number of aliphatic hydroxyl groups excluding tert-OH is 1. The van der Waals surface area contributed by atoms with E-state index in [2.05, 4.69) is 15.0 Å². The first-order valence-electron chi connectivity index (χ1n) is 6.29. The molecule has 4 atom stereocenters. The molecule has 112 valence electrons. The second-order valence-electron chi connectivity index (χ2n) is 5.14. The van der Waals surface area contributed by atoms with Gasteiger partial charge in [0, 0.05) is 16.7 Å². The topological polar surface area (TPSA) is 142 Å².